The van der Waals surface area contributed by atoms with Crippen LogP contribution in [0.1, 0.15) is 146 Å². The summed E-state index contributed by atoms with van der Waals surface area (Å²) < 4.78 is 15.3. The van der Waals surface area contributed by atoms with Crippen molar-refractivity contribution in [2.75, 3.05) is 0 Å². The van der Waals surface area contributed by atoms with Gasteiger partial charge in [0.25, 0.3) is 0 Å². The molecule has 0 spiro atoms. The zero-order valence-corrected chi connectivity index (χ0v) is 21.9. The molecule has 0 saturated heterocycles. The molecule has 186 valence electrons. The minimum absolute atomic E-state index is 0.119. The molecule has 1 aromatic rings. The number of unbranched alkanes of at least 4 members (excludes halogenated alkanes) is 6. The first-order valence-electron chi connectivity index (χ1n) is 15.0. The van der Waals surface area contributed by atoms with Gasteiger partial charge in [-0.2, -0.15) is 0 Å². The summed E-state index contributed by atoms with van der Waals surface area (Å²) in [5.74, 6) is 4.15. The van der Waals surface area contributed by atoms with Crippen LogP contribution >= 0.6 is 0 Å². The maximum atomic E-state index is 15.3. The highest BCUT2D eigenvalue weighted by Gasteiger charge is 2.36. The Morgan fingerprint density at radius 3 is 2.15 bits per heavy atom. The van der Waals surface area contributed by atoms with Crippen LogP contribution in [0, 0.1) is 29.5 Å². The Hall–Kier alpha value is -0.850. The van der Waals surface area contributed by atoms with Gasteiger partial charge in [0.2, 0.25) is 0 Å². The topological polar surface area (TPSA) is 0 Å². The maximum absolute atomic E-state index is 15.3. The van der Waals surface area contributed by atoms with Gasteiger partial charge >= 0.3 is 0 Å². The molecule has 2 fully saturated rings. The molecular formula is C32H51F. The summed E-state index contributed by atoms with van der Waals surface area (Å²) in [6.45, 7) is 4.59. The molecule has 3 aliphatic carbocycles. The predicted molar refractivity (Wildman–Crippen MR) is 140 cm³/mol. The lowest BCUT2D eigenvalue weighted by Gasteiger charge is -2.42. The molecule has 0 aliphatic heterocycles. The molecule has 0 amide bonds. The van der Waals surface area contributed by atoms with Crippen molar-refractivity contribution in [1.29, 1.82) is 0 Å². The number of aryl methyl sites for hydroxylation is 1. The van der Waals surface area contributed by atoms with Crippen LogP contribution in [0.25, 0.3) is 0 Å². The molecular weight excluding hydrogens is 403 g/mol. The van der Waals surface area contributed by atoms with Gasteiger partial charge in [-0.3, -0.25) is 0 Å². The van der Waals surface area contributed by atoms with Gasteiger partial charge in [0, 0.05) is 0 Å². The molecule has 0 N–H and O–H groups in total. The molecule has 1 aromatic carbocycles. The lowest BCUT2D eigenvalue weighted by atomic mass is 9.63. The minimum atomic E-state index is 0.119. The van der Waals surface area contributed by atoms with Gasteiger partial charge in [-0.05, 0) is 104 Å². The van der Waals surface area contributed by atoms with Gasteiger partial charge in [-0.1, -0.05) is 90.5 Å². The van der Waals surface area contributed by atoms with Gasteiger partial charge in [-0.15, -0.1) is 0 Å². The quantitative estimate of drug-likeness (QED) is 0.292. The van der Waals surface area contributed by atoms with Crippen LogP contribution in [0.15, 0.2) is 12.1 Å². The Balaban J connectivity index is 1.29. The summed E-state index contributed by atoms with van der Waals surface area (Å²) in [4.78, 5) is 0. The van der Waals surface area contributed by atoms with Crippen LogP contribution in [0.2, 0.25) is 0 Å². The van der Waals surface area contributed by atoms with Crippen molar-refractivity contribution < 1.29 is 4.39 Å². The monoisotopic (exact) mass is 454 g/mol. The Morgan fingerprint density at radius 1 is 0.697 bits per heavy atom. The number of hydrogen-bond donors (Lipinski definition) is 0. The van der Waals surface area contributed by atoms with E-state index in [-0.39, 0.29) is 5.82 Å². The van der Waals surface area contributed by atoms with Gasteiger partial charge in [0.05, 0.1) is 0 Å². The van der Waals surface area contributed by atoms with Crippen LogP contribution in [0.5, 0.6) is 0 Å². The summed E-state index contributed by atoms with van der Waals surface area (Å²) in [6, 6.07) is 4.28. The van der Waals surface area contributed by atoms with E-state index < -0.39 is 0 Å². The first-order chi connectivity index (χ1) is 16.2. The van der Waals surface area contributed by atoms with Crippen LogP contribution < -0.4 is 0 Å². The van der Waals surface area contributed by atoms with Gasteiger partial charge in [0.15, 0.2) is 0 Å². The Bertz CT molecular complexity index is 721. The number of hydrogen-bond acceptors (Lipinski definition) is 0. The molecule has 33 heavy (non-hydrogen) atoms. The molecule has 3 aliphatic rings. The standard InChI is InChI=1S/C32H51F/c1-3-5-7-9-11-24-13-15-27-21-29(18-17-26(27)19-24)31-22-28-16-14-25(12-10-8-6-4-2)20-30(28)23-32(31)33/h22-27,29H,3-21H2,1-2H3. The highest BCUT2D eigenvalue weighted by atomic mass is 19.1. The smallest absolute Gasteiger partial charge is 0.126 e. The van der Waals surface area contributed by atoms with Crippen molar-refractivity contribution in [2.45, 2.75) is 142 Å². The Labute approximate surface area is 204 Å². The number of rotatable bonds is 11. The molecule has 4 rings (SSSR count). The molecule has 2 saturated carbocycles. The third-order valence-corrected chi connectivity index (χ3v) is 9.74. The van der Waals surface area contributed by atoms with E-state index in [0.717, 1.165) is 35.7 Å². The lowest BCUT2D eigenvalue weighted by molar-refractivity contribution is 0.112. The summed E-state index contributed by atoms with van der Waals surface area (Å²) in [5.41, 5.74) is 3.89. The van der Waals surface area contributed by atoms with E-state index in [2.05, 4.69) is 19.9 Å². The molecule has 0 bridgehead atoms. The fourth-order valence-corrected chi connectivity index (χ4v) is 7.68. The second kappa shape index (κ2) is 12.7. The molecule has 5 unspecified atom stereocenters. The summed E-state index contributed by atoms with van der Waals surface area (Å²) in [5, 5.41) is 0. The van der Waals surface area contributed by atoms with Crippen molar-refractivity contribution in [1.82, 2.24) is 0 Å². The fraction of sp³-hybridized carbons (Fsp3) is 0.812. The van der Waals surface area contributed by atoms with Crippen molar-refractivity contribution in [3.63, 3.8) is 0 Å². The van der Waals surface area contributed by atoms with Crippen molar-refractivity contribution >= 4 is 0 Å². The zero-order chi connectivity index (χ0) is 23.0. The van der Waals surface area contributed by atoms with E-state index in [4.69, 9.17) is 0 Å². The molecule has 5 atom stereocenters. The second-order valence-corrected chi connectivity index (χ2v) is 12.2. The van der Waals surface area contributed by atoms with E-state index >= 15 is 4.39 Å². The molecule has 0 heterocycles. The van der Waals surface area contributed by atoms with Crippen LogP contribution in [-0.4, -0.2) is 0 Å². The highest BCUT2D eigenvalue weighted by Crippen LogP contribution is 2.49. The van der Waals surface area contributed by atoms with Gasteiger partial charge in [0.1, 0.15) is 5.82 Å². The Kier molecular flexibility index (Phi) is 9.75. The first kappa shape index (κ1) is 25.2. The SMILES string of the molecule is CCCCCCC1CCc2cc(C3CCC4CC(CCCCCC)CCC4C3)c(F)cc2C1. The van der Waals surface area contributed by atoms with E-state index in [1.165, 1.54) is 127 Å². The number of fused-ring (bicyclic) bond motifs is 2. The average molecular weight is 455 g/mol. The van der Waals surface area contributed by atoms with E-state index in [1.807, 2.05) is 6.07 Å². The Morgan fingerprint density at radius 2 is 1.39 bits per heavy atom. The summed E-state index contributed by atoms with van der Waals surface area (Å²) in [6.07, 6.45) is 25.6. The largest absolute Gasteiger partial charge is 0.207 e. The summed E-state index contributed by atoms with van der Waals surface area (Å²) in [7, 11) is 0. The van der Waals surface area contributed by atoms with Gasteiger partial charge in [-0.25, -0.2) is 4.39 Å². The third kappa shape index (κ3) is 6.85. The van der Waals surface area contributed by atoms with E-state index in [0.29, 0.717) is 5.92 Å². The highest BCUT2D eigenvalue weighted by molar-refractivity contribution is 5.37. The molecule has 0 nitrogen and oxygen atoms in total. The average Bonchev–Trinajstić information content (AvgIpc) is 2.83. The van der Waals surface area contributed by atoms with E-state index in [9.17, 15) is 0 Å². The molecule has 0 radical (unpaired) electrons. The summed E-state index contributed by atoms with van der Waals surface area (Å²) >= 11 is 0. The second-order valence-electron chi connectivity index (χ2n) is 12.2. The molecule has 1 heteroatoms. The van der Waals surface area contributed by atoms with Crippen molar-refractivity contribution in [3.8, 4) is 0 Å². The van der Waals surface area contributed by atoms with Crippen molar-refractivity contribution in [3.05, 3.63) is 34.6 Å². The lowest BCUT2D eigenvalue weighted by Crippen LogP contribution is -2.31. The first-order valence-corrected chi connectivity index (χ1v) is 15.0. The van der Waals surface area contributed by atoms with E-state index in [1.54, 1.807) is 0 Å². The minimum Gasteiger partial charge on any atom is -0.207 e. The number of benzene rings is 1. The fourth-order valence-electron chi connectivity index (χ4n) is 7.68. The normalized spacial score (nSPS) is 29.5. The zero-order valence-electron chi connectivity index (χ0n) is 21.9. The van der Waals surface area contributed by atoms with Crippen LogP contribution in [0.4, 0.5) is 4.39 Å². The van der Waals surface area contributed by atoms with Crippen molar-refractivity contribution in [2.24, 2.45) is 23.7 Å². The van der Waals surface area contributed by atoms with Crippen LogP contribution in [0.3, 0.4) is 0 Å². The molecule has 0 aromatic heterocycles. The predicted octanol–water partition coefficient (Wildman–Crippen LogP) is 10.2. The van der Waals surface area contributed by atoms with Crippen LogP contribution in [-0.2, 0) is 12.8 Å². The maximum Gasteiger partial charge on any atom is 0.126 e. The third-order valence-electron chi connectivity index (χ3n) is 9.74. The van der Waals surface area contributed by atoms with Gasteiger partial charge < -0.3 is 0 Å². The number of halogens is 1.